The number of carbonyl (C=O) groups excluding carboxylic acids is 1. The third kappa shape index (κ3) is 4.73. The Bertz CT molecular complexity index is 1210. The van der Waals surface area contributed by atoms with Gasteiger partial charge in [0.15, 0.2) is 23.1 Å². The van der Waals surface area contributed by atoms with E-state index in [0.29, 0.717) is 29.7 Å². The first-order chi connectivity index (χ1) is 16.5. The average Bonchev–Trinajstić information content (AvgIpc) is 3.13. The van der Waals surface area contributed by atoms with Crippen LogP contribution in [-0.4, -0.2) is 62.9 Å². The predicted molar refractivity (Wildman–Crippen MR) is 138 cm³/mol. The number of halogens is 1. The Balaban J connectivity index is 0.00000289. The van der Waals surface area contributed by atoms with Crippen molar-refractivity contribution in [2.75, 3.05) is 32.5 Å². The van der Waals surface area contributed by atoms with Gasteiger partial charge in [-0.15, -0.1) is 22.6 Å². The van der Waals surface area contributed by atoms with Gasteiger partial charge in [0.25, 0.3) is 0 Å². The van der Waals surface area contributed by atoms with Gasteiger partial charge in [-0.25, -0.2) is 4.98 Å². The molecule has 2 aromatic heterocycles. The molecule has 10 heteroatoms. The number of nitrogens with zero attached hydrogens (tertiary/aromatic N) is 5. The number of rotatable bonds is 10. The van der Waals surface area contributed by atoms with E-state index in [9.17, 15) is 4.79 Å². The van der Waals surface area contributed by atoms with Gasteiger partial charge in [0.05, 0.1) is 18.4 Å². The Morgan fingerprint density at radius 1 is 1.34 bits per heavy atom. The number of hydrogen-bond acceptors (Lipinski definition) is 8. The highest BCUT2D eigenvalue weighted by molar-refractivity contribution is 7.99. The highest BCUT2D eigenvalue weighted by Gasteiger charge is 2.60. The molecule has 35 heavy (non-hydrogen) atoms. The standard InChI is InChI=1S/C25H31N5O3S.ClH/c1-5-20(31)19-11-17(7-8-21(19)32-4)25-12-18(25)13-30(14-25)9-6-10-34-24-28-27-23(29(24)3)22-16(2)26-15-33-22;/h7-8,11,15,18H,5-6,9-10,12-14H2,1-4H3;1H. The molecule has 0 bridgehead atoms. The molecule has 3 aromatic rings. The molecule has 1 aliphatic heterocycles. The fraction of sp³-hybridized carbons (Fsp3) is 0.520. The fourth-order valence-electron chi connectivity index (χ4n) is 5.24. The van der Waals surface area contributed by atoms with Crippen LogP contribution in [0, 0.1) is 12.8 Å². The lowest BCUT2D eigenvalue weighted by molar-refractivity contribution is 0.0985. The summed E-state index contributed by atoms with van der Waals surface area (Å²) >= 11 is 1.72. The number of aryl methyl sites for hydroxylation is 1. The van der Waals surface area contributed by atoms with Gasteiger partial charge in [-0.05, 0) is 49.9 Å². The number of methoxy groups -OCH3 is 1. The number of Topliss-reactive ketones (excluding diaryl/α,β-unsaturated/α-hetero) is 1. The molecule has 2 atom stereocenters. The van der Waals surface area contributed by atoms with Crippen molar-refractivity contribution in [1.82, 2.24) is 24.6 Å². The first-order valence-corrected chi connectivity index (χ1v) is 12.8. The molecule has 1 saturated heterocycles. The van der Waals surface area contributed by atoms with E-state index < -0.39 is 0 Å². The minimum atomic E-state index is 0. The smallest absolute Gasteiger partial charge is 0.202 e. The second kappa shape index (κ2) is 10.3. The quantitative estimate of drug-likeness (QED) is 0.220. The van der Waals surface area contributed by atoms with E-state index in [4.69, 9.17) is 9.15 Å². The molecule has 0 N–H and O–H groups in total. The number of fused-ring (bicyclic) bond motifs is 1. The van der Waals surface area contributed by atoms with E-state index in [0.717, 1.165) is 48.2 Å². The van der Waals surface area contributed by atoms with Gasteiger partial charge in [-0.2, -0.15) is 0 Å². The third-order valence-corrected chi connectivity index (χ3v) is 8.35. The average molecular weight is 518 g/mol. The van der Waals surface area contributed by atoms with Crippen LogP contribution in [-0.2, 0) is 12.5 Å². The van der Waals surface area contributed by atoms with Gasteiger partial charge in [-0.1, -0.05) is 24.8 Å². The maximum absolute atomic E-state index is 12.4. The summed E-state index contributed by atoms with van der Waals surface area (Å²) in [5, 5.41) is 9.51. The maximum atomic E-state index is 12.4. The maximum Gasteiger partial charge on any atom is 0.202 e. The summed E-state index contributed by atoms with van der Waals surface area (Å²) in [4.78, 5) is 19.1. The molecule has 2 unspecified atom stereocenters. The number of piperidine rings is 1. The van der Waals surface area contributed by atoms with Gasteiger partial charge < -0.3 is 18.6 Å². The molecule has 3 heterocycles. The Labute approximate surface area is 216 Å². The van der Waals surface area contributed by atoms with Crippen molar-refractivity contribution in [2.24, 2.45) is 13.0 Å². The molecule has 0 amide bonds. The van der Waals surface area contributed by atoms with Crippen LogP contribution in [0.4, 0.5) is 0 Å². The number of oxazole rings is 1. The Kier molecular flexibility index (Phi) is 7.59. The lowest BCUT2D eigenvalue weighted by Gasteiger charge is -2.21. The van der Waals surface area contributed by atoms with Gasteiger partial charge in [-0.3, -0.25) is 4.79 Å². The zero-order valence-corrected chi connectivity index (χ0v) is 22.2. The lowest BCUT2D eigenvalue weighted by atomic mass is 9.92. The second-order valence-corrected chi connectivity index (χ2v) is 10.4. The van der Waals surface area contributed by atoms with Crippen molar-refractivity contribution in [3.63, 3.8) is 0 Å². The molecule has 188 valence electrons. The van der Waals surface area contributed by atoms with Crippen LogP contribution in [0.2, 0.25) is 0 Å². The molecule has 2 fully saturated rings. The van der Waals surface area contributed by atoms with Crippen LogP contribution in [0.15, 0.2) is 34.2 Å². The molecular formula is C25H32ClN5O3S. The monoisotopic (exact) mass is 517 g/mol. The van der Waals surface area contributed by atoms with E-state index in [1.807, 2.05) is 31.5 Å². The summed E-state index contributed by atoms with van der Waals surface area (Å²) in [6.45, 7) is 7.06. The van der Waals surface area contributed by atoms with Crippen LogP contribution in [0.5, 0.6) is 5.75 Å². The second-order valence-electron chi connectivity index (χ2n) is 9.32. The molecule has 5 rings (SSSR count). The Morgan fingerprint density at radius 3 is 2.89 bits per heavy atom. The fourth-order valence-corrected chi connectivity index (χ4v) is 6.07. The van der Waals surface area contributed by atoms with Crippen molar-refractivity contribution >= 4 is 30.0 Å². The molecular weight excluding hydrogens is 486 g/mol. The van der Waals surface area contributed by atoms with Crippen LogP contribution in [0.25, 0.3) is 11.6 Å². The molecule has 1 saturated carbocycles. The van der Waals surface area contributed by atoms with Crippen molar-refractivity contribution in [3.8, 4) is 17.3 Å². The summed E-state index contributed by atoms with van der Waals surface area (Å²) in [5.74, 6) is 3.87. The normalized spacial score (nSPS) is 21.0. The molecule has 8 nitrogen and oxygen atoms in total. The highest BCUT2D eigenvalue weighted by Crippen LogP contribution is 2.59. The molecule has 1 aliphatic carbocycles. The van der Waals surface area contributed by atoms with Gasteiger partial charge in [0, 0.05) is 37.7 Å². The Hall–Kier alpha value is -2.36. The summed E-state index contributed by atoms with van der Waals surface area (Å²) in [6, 6.07) is 6.22. The first kappa shape index (κ1) is 25.7. The number of aromatic nitrogens is 4. The zero-order valence-electron chi connectivity index (χ0n) is 20.6. The summed E-state index contributed by atoms with van der Waals surface area (Å²) in [6.07, 6.45) is 4.23. The van der Waals surface area contributed by atoms with E-state index in [2.05, 4.69) is 32.2 Å². The SMILES string of the molecule is CCC(=O)c1cc(C23CC2CN(CCCSc2nnc(-c4ocnc4C)n2C)C3)ccc1OC.Cl. The van der Waals surface area contributed by atoms with E-state index in [1.165, 1.54) is 18.4 Å². The van der Waals surface area contributed by atoms with E-state index in [1.54, 1.807) is 18.9 Å². The largest absolute Gasteiger partial charge is 0.496 e. The summed E-state index contributed by atoms with van der Waals surface area (Å²) in [5.41, 5.74) is 3.04. The van der Waals surface area contributed by atoms with Gasteiger partial charge >= 0.3 is 0 Å². The minimum absolute atomic E-state index is 0. The molecule has 0 spiro atoms. The van der Waals surface area contributed by atoms with Crippen molar-refractivity contribution < 1.29 is 13.9 Å². The third-order valence-electron chi connectivity index (χ3n) is 7.25. The number of ether oxygens (including phenoxy) is 1. The predicted octanol–water partition coefficient (Wildman–Crippen LogP) is 4.56. The minimum Gasteiger partial charge on any atom is -0.496 e. The molecule has 0 radical (unpaired) electrons. The first-order valence-electron chi connectivity index (χ1n) is 11.8. The molecule has 1 aromatic carbocycles. The van der Waals surface area contributed by atoms with E-state index in [-0.39, 0.29) is 23.6 Å². The number of carbonyl (C=O) groups is 1. The number of hydrogen-bond donors (Lipinski definition) is 0. The highest BCUT2D eigenvalue weighted by atomic mass is 35.5. The zero-order chi connectivity index (χ0) is 23.9. The topological polar surface area (TPSA) is 86.3 Å². The summed E-state index contributed by atoms with van der Waals surface area (Å²) in [7, 11) is 3.59. The molecule has 2 aliphatic rings. The lowest BCUT2D eigenvalue weighted by Crippen LogP contribution is -2.28. The summed E-state index contributed by atoms with van der Waals surface area (Å²) < 4.78 is 12.9. The number of thioether (sulfide) groups is 1. The van der Waals surface area contributed by atoms with Gasteiger partial charge in [0.2, 0.25) is 5.82 Å². The van der Waals surface area contributed by atoms with Crippen molar-refractivity contribution in [1.29, 1.82) is 0 Å². The van der Waals surface area contributed by atoms with Crippen LogP contribution >= 0.6 is 24.2 Å². The van der Waals surface area contributed by atoms with Crippen LogP contribution in [0.3, 0.4) is 0 Å². The van der Waals surface area contributed by atoms with Crippen LogP contribution in [0.1, 0.15) is 47.8 Å². The number of ketones is 1. The Morgan fingerprint density at radius 2 is 2.17 bits per heavy atom. The number of likely N-dealkylation sites (tertiary alicyclic amines) is 1. The van der Waals surface area contributed by atoms with Gasteiger partial charge in [0.1, 0.15) is 5.75 Å². The van der Waals surface area contributed by atoms with Crippen LogP contribution < -0.4 is 4.74 Å². The van der Waals surface area contributed by atoms with E-state index >= 15 is 0 Å². The van der Waals surface area contributed by atoms with Crippen molar-refractivity contribution in [2.45, 2.75) is 43.7 Å². The van der Waals surface area contributed by atoms with Crippen molar-refractivity contribution in [3.05, 3.63) is 41.4 Å². The number of benzene rings is 1.